The summed E-state index contributed by atoms with van der Waals surface area (Å²) in [6, 6.07) is 8.78. The highest BCUT2D eigenvalue weighted by molar-refractivity contribution is 7.08. The second-order valence-corrected chi connectivity index (χ2v) is 8.31. The molecule has 0 spiro atoms. The molecule has 2 N–H and O–H groups in total. The summed E-state index contributed by atoms with van der Waals surface area (Å²) in [5.74, 6) is 0.556. The lowest BCUT2D eigenvalue weighted by Gasteiger charge is -2.36. The molecule has 0 fully saturated rings. The fourth-order valence-electron chi connectivity index (χ4n) is 4.13. The molecule has 3 heterocycles. The van der Waals surface area contributed by atoms with Crippen molar-refractivity contribution in [3.8, 4) is 11.5 Å². The summed E-state index contributed by atoms with van der Waals surface area (Å²) >= 11 is 1.59. The number of benzene rings is 1. The standard InChI is InChI=1S/C23H25N3O4S/c1-29-20-10-16-9-19(23(24)28)26(13-17(16)11-21(20)30-2)22(27)12-18(15-5-8-31-14-15)25-6-3-4-7-25/h3-8,10-11,14,18-19H,9,12-13H2,1-2H3,(H2,24,28)/t18-,19-/m0/s1. The number of hydrogen-bond donors (Lipinski definition) is 1. The van der Waals surface area contributed by atoms with Crippen molar-refractivity contribution in [1.82, 2.24) is 9.47 Å². The van der Waals surface area contributed by atoms with E-state index in [0.29, 0.717) is 24.5 Å². The Bertz CT molecular complexity index is 1030. The van der Waals surface area contributed by atoms with Crippen molar-refractivity contribution in [3.05, 3.63) is 70.2 Å². The van der Waals surface area contributed by atoms with Crippen LogP contribution in [0.15, 0.2) is 53.5 Å². The van der Waals surface area contributed by atoms with Gasteiger partial charge in [0.05, 0.1) is 26.7 Å². The summed E-state index contributed by atoms with van der Waals surface area (Å²) in [7, 11) is 3.14. The Hall–Kier alpha value is -3.26. The molecule has 0 saturated heterocycles. The SMILES string of the molecule is COc1cc2c(cc1OC)CN(C(=O)C[C@@H](c1ccsc1)n1cccc1)[C@H](C(N)=O)C2. The molecule has 7 nitrogen and oxygen atoms in total. The van der Waals surface area contributed by atoms with E-state index in [1.807, 2.05) is 58.1 Å². The highest BCUT2D eigenvalue weighted by atomic mass is 32.1. The van der Waals surface area contributed by atoms with E-state index in [4.69, 9.17) is 15.2 Å². The zero-order valence-corrected chi connectivity index (χ0v) is 18.3. The second kappa shape index (κ2) is 8.85. The minimum absolute atomic E-state index is 0.117. The monoisotopic (exact) mass is 439 g/mol. The van der Waals surface area contributed by atoms with E-state index in [9.17, 15) is 9.59 Å². The number of methoxy groups -OCH3 is 2. The van der Waals surface area contributed by atoms with Crippen LogP contribution in [0.25, 0.3) is 0 Å². The summed E-state index contributed by atoms with van der Waals surface area (Å²) in [6.45, 7) is 0.296. The largest absolute Gasteiger partial charge is 0.493 e. The summed E-state index contributed by atoms with van der Waals surface area (Å²) in [5.41, 5.74) is 8.63. The van der Waals surface area contributed by atoms with Gasteiger partial charge in [-0.2, -0.15) is 11.3 Å². The van der Waals surface area contributed by atoms with Gasteiger partial charge in [-0.25, -0.2) is 0 Å². The van der Waals surface area contributed by atoms with Crippen molar-refractivity contribution in [2.75, 3.05) is 14.2 Å². The van der Waals surface area contributed by atoms with Gasteiger partial charge in [-0.15, -0.1) is 0 Å². The molecule has 31 heavy (non-hydrogen) atoms. The molecule has 1 aliphatic heterocycles. The maximum atomic E-state index is 13.5. The Kier molecular flexibility index (Phi) is 5.99. The number of hydrogen-bond acceptors (Lipinski definition) is 5. The first kappa shape index (κ1) is 21.0. The van der Waals surface area contributed by atoms with Crippen LogP contribution in [0.5, 0.6) is 11.5 Å². The van der Waals surface area contributed by atoms with Crippen LogP contribution in [-0.2, 0) is 22.6 Å². The first-order valence-corrected chi connectivity index (χ1v) is 10.9. The molecule has 2 amide bonds. The number of primary amides is 1. The molecule has 0 aliphatic carbocycles. The molecule has 4 rings (SSSR count). The van der Waals surface area contributed by atoms with E-state index in [1.165, 1.54) is 0 Å². The van der Waals surface area contributed by atoms with Gasteiger partial charge in [-0.3, -0.25) is 9.59 Å². The van der Waals surface area contributed by atoms with Gasteiger partial charge in [-0.05, 0) is 57.8 Å². The van der Waals surface area contributed by atoms with Crippen LogP contribution >= 0.6 is 11.3 Å². The Labute approximate surface area is 185 Å². The Balaban J connectivity index is 1.64. The number of aromatic nitrogens is 1. The lowest BCUT2D eigenvalue weighted by molar-refractivity contribution is -0.141. The molecule has 1 aromatic carbocycles. The predicted octanol–water partition coefficient (Wildman–Crippen LogP) is 2.99. The zero-order valence-electron chi connectivity index (χ0n) is 17.5. The minimum Gasteiger partial charge on any atom is -0.493 e. The van der Waals surface area contributed by atoms with Crippen LogP contribution in [0.2, 0.25) is 0 Å². The molecular weight excluding hydrogens is 414 g/mol. The van der Waals surface area contributed by atoms with E-state index in [-0.39, 0.29) is 18.4 Å². The van der Waals surface area contributed by atoms with E-state index >= 15 is 0 Å². The van der Waals surface area contributed by atoms with Gasteiger partial charge in [0.1, 0.15) is 6.04 Å². The summed E-state index contributed by atoms with van der Waals surface area (Å²) in [6.07, 6.45) is 4.48. The first-order chi connectivity index (χ1) is 15.0. The van der Waals surface area contributed by atoms with Gasteiger partial charge >= 0.3 is 0 Å². The van der Waals surface area contributed by atoms with E-state index in [2.05, 4.69) is 0 Å². The van der Waals surface area contributed by atoms with Crippen molar-refractivity contribution in [1.29, 1.82) is 0 Å². The average Bonchev–Trinajstić information content (AvgIpc) is 3.49. The lowest BCUT2D eigenvalue weighted by atomic mass is 9.92. The van der Waals surface area contributed by atoms with Gasteiger partial charge < -0.3 is 24.7 Å². The van der Waals surface area contributed by atoms with Gasteiger partial charge in [0.2, 0.25) is 11.8 Å². The van der Waals surface area contributed by atoms with Crippen molar-refractivity contribution in [2.45, 2.75) is 31.5 Å². The average molecular weight is 440 g/mol. The molecule has 1 aliphatic rings. The van der Waals surface area contributed by atoms with Crippen LogP contribution in [0, 0.1) is 0 Å². The van der Waals surface area contributed by atoms with Crippen LogP contribution in [-0.4, -0.2) is 41.5 Å². The Morgan fingerprint density at radius 2 is 1.84 bits per heavy atom. The number of fused-ring (bicyclic) bond motifs is 1. The van der Waals surface area contributed by atoms with Crippen LogP contribution in [0.3, 0.4) is 0 Å². The fourth-order valence-corrected chi connectivity index (χ4v) is 4.83. The van der Waals surface area contributed by atoms with Crippen molar-refractivity contribution >= 4 is 23.2 Å². The topological polar surface area (TPSA) is 86.8 Å². The maximum Gasteiger partial charge on any atom is 0.240 e. The number of amides is 2. The first-order valence-electron chi connectivity index (χ1n) is 9.99. The molecule has 162 valence electrons. The van der Waals surface area contributed by atoms with E-state index in [0.717, 1.165) is 16.7 Å². The molecule has 2 atom stereocenters. The Morgan fingerprint density at radius 3 is 2.42 bits per heavy atom. The maximum absolute atomic E-state index is 13.5. The third kappa shape index (κ3) is 4.16. The zero-order chi connectivity index (χ0) is 22.0. The number of nitrogens with zero attached hydrogens (tertiary/aromatic N) is 2. The number of nitrogens with two attached hydrogens (primary N) is 1. The van der Waals surface area contributed by atoms with Crippen molar-refractivity contribution < 1.29 is 19.1 Å². The van der Waals surface area contributed by atoms with Gasteiger partial charge in [0, 0.05) is 25.4 Å². The normalized spacial score (nSPS) is 16.5. The van der Waals surface area contributed by atoms with E-state index in [1.54, 1.807) is 30.5 Å². The van der Waals surface area contributed by atoms with Crippen LogP contribution < -0.4 is 15.2 Å². The van der Waals surface area contributed by atoms with Gasteiger partial charge in [0.15, 0.2) is 11.5 Å². The van der Waals surface area contributed by atoms with Crippen molar-refractivity contribution in [3.63, 3.8) is 0 Å². The number of thiophene rings is 1. The smallest absolute Gasteiger partial charge is 0.240 e. The molecule has 2 aromatic heterocycles. The third-order valence-corrected chi connectivity index (χ3v) is 6.47. The third-order valence-electron chi connectivity index (χ3n) is 5.77. The number of carbonyl (C=O) groups excluding carboxylic acids is 2. The summed E-state index contributed by atoms with van der Waals surface area (Å²) in [4.78, 5) is 27.3. The van der Waals surface area contributed by atoms with Crippen molar-refractivity contribution in [2.24, 2.45) is 5.73 Å². The lowest BCUT2D eigenvalue weighted by Crippen LogP contribution is -2.51. The predicted molar refractivity (Wildman–Crippen MR) is 118 cm³/mol. The summed E-state index contributed by atoms with van der Waals surface area (Å²) in [5, 5.41) is 4.05. The number of rotatable bonds is 7. The molecule has 0 radical (unpaired) electrons. The van der Waals surface area contributed by atoms with E-state index < -0.39 is 11.9 Å². The fraction of sp³-hybridized carbons (Fsp3) is 0.304. The van der Waals surface area contributed by atoms with Gasteiger partial charge in [0.25, 0.3) is 0 Å². The molecule has 0 saturated carbocycles. The number of ether oxygens (including phenoxy) is 2. The summed E-state index contributed by atoms with van der Waals surface area (Å²) < 4.78 is 12.8. The van der Waals surface area contributed by atoms with Gasteiger partial charge in [-0.1, -0.05) is 0 Å². The van der Waals surface area contributed by atoms with Crippen LogP contribution in [0.1, 0.15) is 29.2 Å². The number of carbonyl (C=O) groups is 2. The highest BCUT2D eigenvalue weighted by Gasteiger charge is 2.35. The molecular formula is C23H25N3O4S. The highest BCUT2D eigenvalue weighted by Crippen LogP contribution is 2.35. The molecule has 0 bridgehead atoms. The quantitative estimate of drug-likeness (QED) is 0.613. The van der Waals surface area contributed by atoms with Crippen LogP contribution in [0.4, 0.5) is 0 Å². The second-order valence-electron chi connectivity index (χ2n) is 7.53. The Morgan fingerprint density at radius 1 is 1.16 bits per heavy atom. The molecule has 8 heteroatoms. The minimum atomic E-state index is -0.703. The molecule has 3 aromatic rings. The molecule has 0 unspecified atom stereocenters.